The lowest BCUT2D eigenvalue weighted by atomic mass is 10.3. The molecule has 94 valence electrons. The fourth-order valence-electron chi connectivity index (χ4n) is 1.40. The lowest BCUT2D eigenvalue weighted by Gasteiger charge is -1.88. The summed E-state index contributed by atoms with van der Waals surface area (Å²) in [6, 6.07) is 2.45. The molecule has 0 aliphatic heterocycles. The van der Waals surface area contributed by atoms with E-state index in [1.807, 2.05) is 0 Å². The van der Waals surface area contributed by atoms with Gasteiger partial charge in [0.25, 0.3) is 5.89 Å². The molecule has 0 amide bonds. The average molecular weight is 252 g/mol. The van der Waals surface area contributed by atoms with Crippen molar-refractivity contribution in [2.24, 2.45) is 0 Å². The molecule has 0 saturated carbocycles. The molecule has 8 nitrogen and oxygen atoms in total. The monoisotopic (exact) mass is 252 g/mol. The van der Waals surface area contributed by atoms with Gasteiger partial charge in [0, 0.05) is 0 Å². The molecule has 0 spiro atoms. The van der Waals surface area contributed by atoms with E-state index in [-0.39, 0.29) is 23.1 Å². The van der Waals surface area contributed by atoms with Crippen LogP contribution in [0.25, 0.3) is 11.7 Å². The van der Waals surface area contributed by atoms with Crippen molar-refractivity contribution in [2.45, 2.75) is 13.3 Å². The largest absolute Gasteiger partial charge is 0.475 e. The first-order valence-corrected chi connectivity index (χ1v) is 5.00. The number of furan rings is 1. The summed E-state index contributed by atoms with van der Waals surface area (Å²) in [5.74, 6) is -2.06. The molecule has 8 heteroatoms. The van der Waals surface area contributed by atoms with Crippen LogP contribution >= 0.6 is 0 Å². The molecule has 0 aliphatic rings. The number of aromatic nitrogens is 1. The van der Waals surface area contributed by atoms with E-state index in [2.05, 4.69) is 4.98 Å². The van der Waals surface area contributed by atoms with Gasteiger partial charge in [0.15, 0.2) is 5.76 Å². The van der Waals surface area contributed by atoms with Crippen molar-refractivity contribution in [3.8, 4) is 11.7 Å². The molecular formula is C10H8N2O6. The Labute approximate surface area is 100 Å². The first kappa shape index (κ1) is 11.8. The zero-order chi connectivity index (χ0) is 13.3. The number of nitrogens with zero attached hydrogens (tertiary/aromatic N) is 2. The summed E-state index contributed by atoms with van der Waals surface area (Å²) in [6.45, 7) is 1.72. The van der Waals surface area contributed by atoms with E-state index in [9.17, 15) is 14.9 Å². The fraction of sp³-hybridized carbons (Fsp3) is 0.200. The molecule has 2 aromatic rings. The fourth-order valence-corrected chi connectivity index (χ4v) is 1.40. The summed E-state index contributed by atoms with van der Waals surface area (Å²) < 4.78 is 9.89. The minimum absolute atomic E-state index is 0.0175. The molecule has 0 fully saturated rings. The minimum atomic E-state index is -1.24. The van der Waals surface area contributed by atoms with E-state index >= 15 is 0 Å². The van der Waals surface area contributed by atoms with Gasteiger partial charge in [0.1, 0.15) is 4.92 Å². The number of rotatable bonds is 4. The van der Waals surface area contributed by atoms with Crippen molar-refractivity contribution in [3.05, 3.63) is 33.7 Å². The predicted octanol–water partition coefficient (Wildman–Crippen LogP) is 2.10. The maximum absolute atomic E-state index is 10.9. The van der Waals surface area contributed by atoms with Gasteiger partial charge in [0.05, 0.1) is 11.8 Å². The van der Waals surface area contributed by atoms with Gasteiger partial charge in [-0.15, -0.1) is 0 Å². The molecule has 0 saturated heterocycles. The van der Waals surface area contributed by atoms with Gasteiger partial charge in [-0.1, -0.05) is 6.92 Å². The third-order valence-corrected chi connectivity index (χ3v) is 2.21. The van der Waals surface area contributed by atoms with E-state index < -0.39 is 16.8 Å². The van der Waals surface area contributed by atoms with Crippen LogP contribution in [-0.4, -0.2) is 21.0 Å². The molecule has 1 N–H and O–H groups in total. The zero-order valence-electron chi connectivity index (χ0n) is 9.24. The molecule has 0 unspecified atom stereocenters. The Morgan fingerprint density at radius 2 is 2.22 bits per heavy atom. The second-order valence-electron chi connectivity index (χ2n) is 3.35. The maximum Gasteiger partial charge on any atom is 0.433 e. The van der Waals surface area contributed by atoms with Crippen LogP contribution < -0.4 is 0 Å². The SMILES string of the molecule is CCc1nc(-c2ccc([N+](=O)[O-])o2)oc1C(=O)O. The summed E-state index contributed by atoms with van der Waals surface area (Å²) >= 11 is 0. The summed E-state index contributed by atoms with van der Waals surface area (Å²) in [6.07, 6.45) is 0.369. The maximum atomic E-state index is 10.9. The number of nitro groups is 1. The molecule has 0 bridgehead atoms. The normalized spacial score (nSPS) is 10.5. The van der Waals surface area contributed by atoms with Gasteiger partial charge in [-0.2, -0.15) is 0 Å². The quantitative estimate of drug-likeness (QED) is 0.653. The van der Waals surface area contributed by atoms with Crippen molar-refractivity contribution in [1.29, 1.82) is 0 Å². The number of hydrogen-bond acceptors (Lipinski definition) is 6. The Morgan fingerprint density at radius 1 is 1.50 bits per heavy atom. The topological polar surface area (TPSA) is 120 Å². The second kappa shape index (κ2) is 4.32. The van der Waals surface area contributed by atoms with Crippen molar-refractivity contribution in [1.82, 2.24) is 4.98 Å². The zero-order valence-corrected chi connectivity index (χ0v) is 9.24. The third kappa shape index (κ3) is 1.95. The van der Waals surface area contributed by atoms with Crippen LogP contribution in [0.4, 0.5) is 5.88 Å². The van der Waals surface area contributed by atoms with Crippen LogP contribution in [0.15, 0.2) is 21.0 Å². The molecule has 2 heterocycles. The van der Waals surface area contributed by atoms with E-state index in [4.69, 9.17) is 13.9 Å². The third-order valence-electron chi connectivity index (χ3n) is 2.21. The number of carboxylic acid groups (broad SMARTS) is 1. The summed E-state index contributed by atoms with van der Waals surface area (Å²) in [7, 11) is 0. The number of hydrogen-bond donors (Lipinski definition) is 1. The number of aryl methyl sites for hydroxylation is 1. The minimum Gasteiger partial charge on any atom is -0.475 e. The van der Waals surface area contributed by atoms with Gasteiger partial charge < -0.3 is 13.9 Å². The smallest absolute Gasteiger partial charge is 0.433 e. The van der Waals surface area contributed by atoms with Crippen molar-refractivity contribution in [2.75, 3.05) is 0 Å². The molecular weight excluding hydrogens is 244 g/mol. The molecule has 2 rings (SSSR count). The van der Waals surface area contributed by atoms with Crippen LogP contribution in [0, 0.1) is 10.1 Å². The molecule has 0 aliphatic carbocycles. The van der Waals surface area contributed by atoms with Gasteiger partial charge in [0.2, 0.25) is 5.76 Å². The molecule has 18 heavy (non-hydrogen) atoms. The molecule has 0 radical (unpaired) electrons. The summed E-state index contributed by atoms with van der Waals surface area (Å²) in [4.78, 5) is 24.5. The highest BCUT2D eigenvalue weighted by Gasteiger charge is 2.22. The summed E-state index contributed by atoms with van der Waals surface area (Å²) in [5.41, 5.74) is 0.261. The standard InChI is InChI=1S/C10H8N2O6/c1-2-5-8(10(13)14)18-9(11-5)6-3-4-7(17-6)12(15)16/h3-4H,2H2,1H3,(H,13,14). The number of carbonyl (C=O) groups is 1. The number of oxazole rings is 1. The molecule has 0 aromatic carbocycles. The average Bonchev–Trinajstić information content (AvgIpc) is 2.95. The Morgan fingerprint density at radius 3 is 2.67 bits per heavy atom. The second-order valence-corrected chi connectivity index (χ2v) is 3.35. The van der Waals surface area contributed by atoms with E-state index in [0.717, 1.165) is 6.07 Å². The first-order valence-electron chi connectivity index (χ1n) is 5.00. The van der Waals surface area contributed by atoms with Crippen molar-refractivity contribution < 1.29 is 23.7 Å². The van der Waals surface area contributed by atoms with Crippen LogP contribution in [0.3, 0.4) is 0 Å². The van der Waals surface area contributed by atoms with Crippen LogP contribution in [0.1, 0.15) is 23.2 Å². The number of aromatic carboxylic acids is 1. The van der Waals surface area contributed by atoms with Crippen LogP contribution in [0.5, 0.6) is 0 Å². The lowest BCUT2D eigenvalue weighted by molar-refractivity contribution is -0.401. The lowest BCUT2D eigenvalue weighted by Crippen LogP contribution is -1.98. The van der Waals surface area contributed by atoms with Gasteiger partial charge >= 0.3 is 11.9 Å². The van der Waals surface area contributed by atoms with Crippen molar-refractivity contribution >= 4 is 11.9 Å². The van der Waals surface area contributed by atoms with E-state index in [1.165, 1.54) is 6.07 Å². The highest BCUT2D eigenvalue weighted by atomic mass is 16.6. The van der Waals surface area contributed by atoms with Gasteiger partial charge in [-0.3, -0.25) is 10.1 Å². The highest BCUT2D eigenvalue weighted by molar-refractivity contribution is 5.86. The molecule has 2 aromatic heterocycles. The van der Waals surface area contributed by atoms with Gasteiger partial charge in [-0.25, -0.2) is 9.78 Å². The van der Waals surface area contributed by atoms with Crippen LogP contribution in [0.2, 0.25) is 0 Å². The van der Waals surface area contributed by atoms with Gasteiger partial charge in [-0.05, 0) is 12.5 Å². The highest BCUT2D eigenvalue weighted by Crippen LogP contribution is 2.27. The van der Waals surface area contributed by atoms with Crippen LogP contribution in [-0.2, 0) is 6.42 Å². The van der Waals surface area contributed by atoms with E-state index in [1.54, 1.807) is 6.92 Å². The molecule has 0 atom stereocenters. The Bertz CT molecular complexity index is 612. The number of carboxylic acids is 1. The Kier molecular flexibility index (Phi) is 2.84. The summed E-state index contributed by atoms with van der Waals surface area (Å²) in [5, 5.41) is 19.3. The first-order chi connectivity index (χ1) is 8.52. The predicted molar refractivity (Wildman–Crippen MR) is 57.2 cm³/mol. The Balaban J connectivity index is 2.44. The van der Waals surface area contributed by atoms with Crippen molar-refractivity contribution in [3.63, 3.8) is 0 Å². The van der Waals surface area contributed by atoms with E-state index in [0.29, 0.717) is 6.42 Å². The Hall–Kier alpha value is -2.64.